The van der Waals surface area contributed by atoms with Gasteiger partial charge < -0.3 is 10.5 Å². The van der Waals surface area contributed by atoms with Crippen LogP contribution in [0.4, 0.5) is 5.69 Å². The summed E-state index contributed by atoms with van der Waals surface area (Å²) >= 11 is 0. The molecule has 0 saturated carbocycles. The molecule has 0 radical (unpaired) electrons. The number of aromatic nitrogens is 1. The Morgan fingerprint density at radius 2 is 2.45 bits per heavy atom. The van der Waals surface area contributed by atoms with Gasteiger partial charge in [-0.1, -0.05) is 0 Å². The molecule has 1 heterocycles. The molecule has 0 atom stereocenters. The second-order valence-electron chi connectivity index (χ2n) is 2.01. The summed E-state index contributed by atoms with van der Waals surface area (Å²) in [6.07, 6.45) is 2.94. The van der Waals surface area contributed by atoms with Crippen LogP contribution in [-0.2, 0) is 4.79 Å². The number of nitrogens with two attached hydrogens (primary N) is 1. The molecule has 0 aliphatic heterocycles. The average molecular weight is 152 g/mol. The molecule has 0 saturated heterocycles. The summed E-state index contributed by atoms with van der Waals surface area (Å²) in [5.41, 5.74) is 5.79. The summed E-state index contributed by atoms with van der Waals surface area (Å²) < 4.78 is 4.74. The monoisotopic (exact) mass is 152 g/mol. The minimum atomic E-state index is -0.386. The smallest absolute Gasteiger partial charge is 0.308 e. The van der Waals surface area contributed by atoms with Gasteiger partial charge in [0.1, 0.15) is 0 Å². The van der Waals surface area contributed by atoms with E-state index in [0.717, 1.165) is 0 Å². The van der Waals surface area contributed by atoms with Crippen LogP contribution in [0.15, 0.2) is 18.5 Å². The van der Waals surface area contributed by atoms with Gasteiger partial charge in [0, 0.05) is 19.2 Å². The molecule has 1 aromatic heterocycles. The Bertz CT molecular complexity index is 273. The summed E-state index contributed by atoms with van der Waals surface area (Å²) in [5.74, 6) is -0.0320. The van der Waals surface area contributed by atoms with Gasteiger partial charge in [0.15, 0.2) is 5.75 Å². The second kappa shape index (κ2) is 3.01. The van der Waals surface area contributed by atoms with Crippen LogP contribution >= 0.6 is 0 Å². The van der Waals surface area contributed by atoms with E-state index in [0.29, 0.717) is 11.4 Å². The van der Waals surface area contributed by atoms with Crippen molar-refractivity contribution >= 4 is 11.7 Å². The van der Waals surface area contributed by atoms with Crippen molar-refractivity contribution in [3.05, 3.63) is 18.5 Å². The minimum Gasteiger partial charge on any atom is -0.424 e. The first-order valence-electron chi connectivity index (χ1n) is 3.08. The molecular weight excluding hydrogens is 144 g/mol. The van der Waals surface area contributed by atoms with Gasteiger partial charge in [0.2, 0.25) is 0 Å². The van der Waals surface area contributed by atoms with E-state index in [4.69, 9.17) is 10.5 Å². The molecule has 4 heteroatoms. The first kappa shape index (κ1) is 7.53. The fraction of sp³-hybridized carbons (Fsp3) is 0.143. The van der Waals surface area contributed by atoms with Crippen molar-refractivity contribution in [1.82, 2.24) is 4.98 Å². The van der Waals surface area contributed by atoms with Crippen LogP contribution < -0.4 is 10.5 Å². The number of hydrogen-bond acceptors (Lipinski definition) is 4. The van der Waals surface area contributed by atoms with Crippen LogP contribution in [0.5, 0.6) is 5.75 Å². The van der Waals surface area contributed by atoms with Gasteiger partial charge >= 0.3 is 5.97 Å². The van der Waals surface area contributed by atoms with Crippen molar-refractivity contribution in [1.29, 1.82) is 0 Å². The number of ether oxygens (including phenoxy) is 1. The van der Waals surface area contributed by atoms with Gasteiger partial charge in [-0.2, -0.15) is 0 Å². The van der Waals surface area contributed by atoms with E-state index in [-0.39, 0.29) is 5.97 Å². The molecule has 0 aliphatic carbocycles. The van der Waals surface area contributed by atoms with Gasteiger partial charge in [-0.25, -0.2) is 0 Å². The zero-order valence-corrected chi connectivity index (χ0v) is 6.07. The molecule has 0 aliphatic rings. The predicted octanol–water partition coefficient (Wildman–Crippen LogP) is 0.589. The molecule has 0 aromatic carbocycles. The second-order valence-corrected chi connectivity index (χ2v) is 2.01. The van der Waals surface area contributed by atoms with Crippen molar-refractivity contribution in [2.75, 3.05) is 5.73 Å². The summed E-state index contributed by atoms with van der Waals surface area (Å²) in [6.45, 7) is 1.32. The van der Waals surface area contributed by atoms with E-state index in [1.165, 1.54) is 25.4 Å². The average Bonchev–Trinajstić information content (AvgIpc) is 1.93. The quantitative estimate of drug-likeness (QED) is 0.598. The number of anilines is 1. The standard InChI is InChI=1S/C7H8N2O2/c1-5(10)11-7-2-3-9-4-6(7)8/h2-4H,8H2,1H3. The number of rotatable bonds is 1. The number of esters is 1. The van der Waals surface area contributed by atoms with Crippen molar-refractivity contribution in [3.8, 4) is 5.75 Å². The van der Waals surface area contributed by atoms with E-state index in [1.54, 1.807) is 0 Å². The van der Waals surface area contributed by atoms with Crippen molar-refractivity contribution in [2.45, 2.75) is 6.92 Å². The van der Waals surface area contributed by atoms with Crippen LogP contribution in [0.3, 0.4) is 0 Å². The Balaban J connectivity index is 2.86. The first-order valence-corrected chi connectivity index (χ1v) is 3.08. The van der Waals surface area contributed by atoms with Crippen LogP contribution in [0.1, 0.15) is 6.92 Å². The third-order valence-corrected chi connectivity index (χ3v) is 1.06. The minimum absolute atomic E-state index is 0.354. The fourth-order valence-electron chi connectivity index (χ4n) is 0.642. The molecule has 11 heavy (non-hydrogen) atoms. The maximum absolute atomic E-state index is 10.5. The molecule has 0 amide bonds. The van der Waals surface area contributed by atoms with Crippen LogP contribution in [-0.4, -0.2) is 11.0 Å². The number of pyridine rings is 1. The number of carbonyl (C=O) groups excluding carboxylic acids is 1. The van der Waals surface area contributed by atoms with E-state index in [2.05, 4.69) is 4.98 Å². The maximum atomic E-state index is 10.5. The molecule has 4 nitrogen and oxygen atoms in total. The Kier molecular flexibility index (Phi) is 2.06. The van der Waals surface area contributed by atoms with Gasteiger partial charge in [0.25, 0.3) is 0 Å². The van der Waals surface area contributed by atoms with E-state index < -0.39 is 0 Å². The van der Waals surface area contributed by atoms with Crippen LogP contribution in [0.2, 0.25) is 0 Å². The lowest BCUT2D eigenvalue weighted by atomic mass is 10.4. The zero-order valence-electron chi connectivity index (χ0n) is 6.07. The summed E-state index contributed by atoms with van der Waals surface area (Å²) in [7, 11) is 0. The molecule has 1 aromatic rings. The lowest BCUT2D eigenvalue weighted by Gasteiger charge is -2.01. The third-order valence-electron chi connectivity index (χ3n) is 1.06. The van der Waals surface area contributed by atoms with Crippen molar-refractivity contribution in [3.63, 3.8) is 0 Å². The largest absolute Gasteiger partial charge is 0.424 e. The lowest BCUT2D eigenvalue weighted by Crippen LogP contribution is -2.03. The summed E-state index contributed by atoms with van der Waals surface area (Å²) in [5, 5.41) is 0. The predicted molar refractivity (Wildman–Crippen MR) is 40.0 cm³/mol. The molecule has 58 valence electrons. The number of carbonyl (C=O) groups is 1. The van der Waals surface area contributed by atoms with Gasteiger partial charge in [0.05, 0.1) is 11.9 Å². The summed E-state index contributed by atoms with van der Waals surface area (Å²) in [6, 6.07) is 1.54. The SMILES string of the molecule is CC(=O)Oc1ccncc1N. The number of nitrogen functional groups attached to an aromatic ring is 1. The number of nitrogens with zero attached hydrogens (tertiary/aromatic N) is 1. The van der Waals surface area contributed by atoms with Gasteiger partial charge in [-0.15, -0.1) is 0 Å². The van der Waals surface area contributed by atoms with Gasteiger partial charge in [-0.3, -0.25) is 9.78 Å². The Morgan fingerprint density at radius 1 is 1.73 bits per heavy atom. The van der Waals surface area contributed by atoms with Crippen LogP contribution in [0.25, 0.3) is 0 Å². The van der Waals surface area contributed by atoms with E-state index in [9.17, 15) is 4.79 Å². The molecular formula is C7H8N2O2. The van der Waals surface area contributed by atoms with Crippen molar-refractivity contribution in [2.24, 2.45) is 0 Å². The molecule has 0 bridgehead atoms. The fourth-order valence-corrected chi connectivity index (χ4v) is 0.642. The molecule has 2 N–H and O–H groups in total. The first-order chi connectivity index (χ1) is 5.20. The van der Waals surface area contributed by atoms with E-state index in [1.807, 2.05) is 0 Å². The Morgan fingerprint density at radius 3 is 3.00 bits per heavy atom. The molecule has 0 spiro atoms. The van der Waals surface area contributed by atoms with Gasteiger partial charge in [-0.05, 0) is 0 Å². The molecule has 0 fully saturated rings. The number of hydrogen-bond donors (Lipinski definition) is 1. The lowest BCUT2D eigenvalue weighted by molar-refractivity contribution is -0.131. The van der Waals surface area contributed by atoms with Crippen molar-refractivity contribution < 1.29 is 9.53 Å². The highest BCUT2D eigenvalue weighted by Crippen LogP contribution is 2.17. The Hall–Kier alpha value is -1.58. The molecule has 1 rings (SSSR count). The maximum Gasteiger partial charge on any atom is 0.308 e. The highest BCUT2D eigenvalue weighted by molar-refractivity contribution is 5.71. The normalized spacial score (nSPS) is 9.18. The summed E-state index contributed by atoms with van der Waals surface area (Å²) in [4.78, 5) is 14.2. The van der Waals surface area contributed by atoms with E-state index >= 15 is 0 Å². The highest BCUT2D eigenvalue weighted by Gasteiger charge is 2.00. The zero-order chi connectivity index (χ0) is 8.27. The Labute approximate surface area is 64.0 Å². The molecule has 0 unspecified atom stereocenters. The highest BCUT2D eigenvalue weighted by atomic mass is 16.5. The third kappa shape index (κ3) is 1.93. The topological polar surface area (TPSA) is 65.2 Å². The van der Waals surface area contributed by atoms with Crippen LogP contribution in [0, 0.1) is 0 Å².